The summed E-state index contributed by atoms with van der Waals surface area (Å²) in [4.78, 5) is 36.3. The Labute approximate surface area is 168 Å². The molecule has 0 spiro atoms. The number of rotatable bonds is 5. The highest BCUT2D eigenvalue weighted by Gasteiger charge is 2.20. The molecule has 3 rings (SSSR count). The Morgan fingerprint density at radius 1 is 1.00 bits per heavy atom. The average Bonchev–Trinajstić information content (AvgIpc) is 3.24. The fourth-order valence-corrected chi connectivity index (χ4v) is 3.37. The van der Waals surface area contributed by atoms with Crippen molar-refractivity contribution in [2.24, 2.45) is 0 Å². The molecule has 1 aliphatic rings. The Bertz CT molecular complexity index is 959. The predicted molar refractivity (Wildman–Crippen MR) is 106 cm³/mol. The summed E-state index contributed by atoms with van der Waals surface area (Å²) in [7, 11) is 0. The number of amides is 3. The van der Waals surface area contributed by atoms with Crippen molar-refractivity contribution in [1.82, 2.24) is 10.6 Å². The normalized spacial score (nSPS) is 13.3. The molecule has 7 heteroatoms. The van der Waals surface area contributed by atoms with Crippen molar-refractivity contribution in [3.63, 3.8) is 0 Å². The molecule has 0 atom stereocenters. The third-order valence-electron chi connectivity index (χ3n) is 4.76. The number of nitriles is 1. The Hall–Kier alpha value is -3.66. The van der Waals surface area contributed by atoms with Gasteiger partial charge >= 0.3 is 12.0 Å². The molecule has 0 aromatic heterocycles. The molecule has 2 aromatic carbocycles. The maximum atomic E-state index is 12.5. The number of nitrogens with one attached hydrogen (secondary N) is 2. The van der Waals surface area contributed by atoms with Crippen LogP contribution in [0.4, 0.5) is 4.79 Å². The third kappa shape index (κ3) is 5.20. The van der Waals surface area contributed by atoms with E-state index in [0.717, 1.165) is 25.7 Å². The van der Waals surface area contributed by atoms with Crippen molar-refractivity contribution in [3.8, 4) is 17.2 Å². The number of benzene rings is 2. The number of nitrogens with zero attached hydrogens (tertiary/aromatic N) is 1. The molecule has 2 N–H and O–H groups in total. The average molecular weight is 391 g/mol. The molecule has 29 heavy (non-hydrogen) atoms. The van der Waals surface area contributed by atoms with Gasteiger partial charge in [-0.15, -0.1) is 0 Å². The van der Waals surface area contributed by atoms with Gasteiger partial charge in [-0.25, -0.2) is 9.59 Å². The minimum absolute atomic E-state index is 0.0810. The van der Waals surface area contributed by atoms with E-state index in [1.54, 1.807) is 48.5 Å². The zero-order valence-corrected chi connectivity index (χ0v) is 15.8. The van der Waals surface area contributed by atoms with E-state index >= 15 is 0 Å². The van der Waals surface area contributed by atoms with Gasteiger partial charge in [0.2, 0.25) is 0 Å². The van der Waals surface area contributed by atoms with Crippen molar-refractivity contribution in [2.75, 3.05) is 6.61 Å². The zero-order valence-electron chi connectivity index (χ0n) is 15.8. The SMILES string of the molecule is N#Cc1ccccc1-c1ccccc1C(=O)OCC(=O)NC(=O)NC1CCCC1. The fourth-order valence-electron chi connectivity index (χ4n) is 3.37. The van der Waals surface area contributed by atoms with Gasteiger partial charge in [0.1, 0.15) is 0 Å². The molecule has 7 nitrogen and oxygen atoms in total. The second-order valence-corrected chi connectivity index (χ2v) is 6.78. The van der Waals surface area contributed by atoms with E-state index in [-0.39, 0.29) is 11.6 Å². The van der Waals surface area contributed by atoms with Crippen molar-refractivity contribution in [3.05, 3.63) is 59.7 Å². The van der Waals surface area contributed by atoms with Gasteiger partial charge in [-0.1, -0.05) is 49.2 Å². The summed E-state index contributed by atoms with van der Waals surface area (Å²) in [6, 6.07) is 15.2. The summed E-state index contributed by atoms with van der Waals surface area (Å²) in [5.74, 6) is -1.41. The number of hydrogen-bond donors (Lipinski definition) is 2. The molecule has 0 aliphatic heterocycles. The zero-order chi connectivity index (χ0) is 20.6. The van der Waals surface area contributed by atoms with Gasteiger partial charge in [-0.3, -0.25) is 10.1 Å². The highest BCUT2D eigenvalue weighted by Crippen LogP contribution is 2.27. The number of imide groups is 1. The van der Waals surface area contributed by atoms with Crippen molar-refractivity contribution >= 4 is 17.9 Å². The Morgan fingerprint density at radius 2 is 1.66 bits per heavy atom. The van der Waals surface area contributed by atoms with Gasteiger partial charge in [0.05, 0.1) is 17.2 Å². The molecule has 0 unspecified atom stereocenters. The van der Waals surface area contributed by atoms with Crippen molar-refractivity contribution in [1.29, 1.82) is 5.26 Å². The first kappa shape index (κ1) is 20.1. The van der Waals surface area contributed by atoms with E-state index in [0.29, 0.717) is 16.7 Å². The van der Waals surface area contributed by atoms with Crippen LogP contribution in [0.15, 0.2) is 48.5 Å². The first-order valence-corrected chi connectivity index (χ1v) is 9.44. The van der Waals surface area contributed by atoms with Gasteiger partial charge in [-0.2, -0.15) is 5.26 Å². The molecule has 0 saturated heterocycles. The summed E-state index contributed by atoms with van der Waals surface area (Å²) >= 11 is 0. The Balaban J connectivity index is 1.62. The van der Waals surface area contributed by atoms with Gasteiger partial charge in [0.15, 0.2) is 6.61 Å². The van der Waals surface area contributed by atoms with Crippen LogP contribution in [0.2, 0.25) is 0 Å². The standard InChI is InChI=1S/C22H21N3O4/c23-13-15-7-1-4-10-17(15)18-11-5-6-12-19(18)21(27)29-14-20(26)25-22(28)24-16-8-2-3-9-16/h1,4-7,10-12,16H,2-3,8-9,14H2,(H2,24,25,26,28). The number of esters is 1. The van der Waals surface area contributed by atoms with Crippen LogP contribution >= 0.6 is 0 Å². The van der Waals surface area contributed by atoms with Gasteiger partial charge in [0, 0.05) is 11.6 Å². The van der Waals surface area contributed by atoms with Crippen LogP contribution in [0.25, 0.3) is 11.1 Å². The van der Waals surface area contributed by atoms with E-state index in [1.807, 2.05) is 0 Å². The Morgan fingerprint density at radius 3 is 2.38 bits per heavy atom. The Kier molecular flexibility index (Phi) is 6.59. The van der Waals surface area contributed by atoms with Crippen LogP contribution in [0.1, 0.15) is 41.6 Å². The number of urea groups is 1. The highest BCUT2D eigenvalue weighted by molar-refractivity contribution is 6.00. The lowest BCUT2D eigenvalue weighted by Gasteiger charge is -2.13. The summed E-state index contributed by atoms with van der Waals surface area (Å²) < 4.78 is 5.08. The second-order valence-electron chi connectivity index (χ2n) is 6.78. The first-order valence-electron chi connectivity index (χ1n) is 9.44. The molecular formula is C22H21N3O4. The molecule has 1 fully saturated rings. The topological polar surface area (TPSA) is 108 Å². The molecule has 1 saturated carbocycles. The number of hydrogen-bond acceptors (Lipinski definition) is 5. The highest BCUT2D eigenvalue weighted by atomic mass is 16.5. The van der Waals surface area contributed by atoms with Crippen LogP contribution in [0, 0.1) is 11.3 Å². The van der Waals surface area contributed by atoms with Crippen LogP contribution in [0.5, 0.6) is 0 Å². The van der Waals surface area contributed by atoms with Gasteiger partial charge in [-0.05, 0) is 30.5 Å². The lowest BCUT2D eigenvalue weighted by atomic mass is 9.96. The van der Waals surface area contributed by atoms with E-state index in [1.165, 1.54) is 0 Å². The summed E-state index contributed by atoms with van der Waals surface area (Å²) in [6.07, 6.45) is 3.92. The molecule has 3 amide bonds. The van der Waals surface area contributed by atoms with Crippen LogP contribution in [-0.2, 0) is 9.53 Å². The van der Waals surface area contributed by atoms with Gasteiger partial charge in [0.25, 0.3) is 5.91 Å². The molecule has 0 bridgehead atoms. The number of ether oxygens (including phenoxy) is 1. The van der Waals surface area contributed by atoms with E-state index in [4.69, 9.17) is 4.74 Å². The van der Waals surface area contributed by atoms with Crippen LogP contribution in [-0.4, -0.2) is 30.6 Å². The first-order chi connectivity index (χ1) is 14.1. The molecule has 2 aromatic rings. The molecule has 148 valence electrons. The summed E-state index contributed by atoms with van der Waals surface area (Å²) in [5, 5.41) is 14.2. The summed E-state index contributed by atoms with van der Waals surface area (Å²) in [6.45, 7) is -0.578. The number of carbonyl (C=O) groups is 3. The van der Waals surface area contributed by atoms with E-state index in [2.05, 4.69) is 16.7 Å². The maximum Gasteiger partial charge on any atom is 0.339 e. The van der Waals surface area contributed by atoms with E-state index in [9.17, 15) is 19.6 Å². The lowest BCUT2D eigenvalue weighted by molar-refractivity contribution is -0.123. The largest absolute Gasteiger partial charge is 0.452 e. The monoisotopic (exact) mass is 391 g/mol. The quantitative estimate of drug-likeness (QED) is 0.761. The second kappa shape index (κ2) is 9.51. The lowest BCUT2D eigenvalue weighted by Crippen LogP contribution is -2.45. The van der Waals surface area contributed by atoms with E-state index < -0.39 is 24.5 Å². The minimum atomic E-state index is -0.709. The fraction of sp³-hybridized carbons (Fsp3) is 0.273. The summed E-state index contributed by atoms with van der Waals surface area (Å²) in [5.41, 5.74) is 1.80. The van der Waals surface area contributed by atoms with Crippen molar-refractivity contribution < 1.29 is 19.1 Å². The minimum Gasteiger partial charge on any atom is -0.452 e. The third-order valence-corrected chi connectivity index (χ3v) is 4.76. The van der Waals surface area contributed by atoms with Crippen LogP contribution in [0.3, 0.4) is 0 Å². The predicted octanol–water partition coefficient (Wildman–Crippen LogP) is 3.15. The number of carbonyl (C=O) groups excluding carboxylic acids is 3. The van der Waals surface area contributed by atoms with Crippen molar-refractivity contribution in [2.45, 2.75) is 31.7 Å². The molecule has 1 aliphatic carbocycles. The maximum absolute atomic E-state index is 12.5. The van der Waals surface area contributed by atoms with Crippen LogP contribution < -0.4 is 10.6 Å². The molecular weight excluding hydrogens is 370 g/mol. The molecule has 0 heterocycles. The smallest absolute Gasteiger partial charge is 0.339 e. The molecule has 0 radical (unpaired) electrons. The van der Waals surface area contributed by atoms with Gasteiger partial charge < -0.3 is 10.1 Å².